The van der Waals surface area contributed by atoms with Crippen LogP contribution in [0.15, 0.2) is 0 Å². The Morgan fingerprint density at radius 3 is 2.56 bits per heavy atom. The first-order valence-electron chi connectivity index (χ1n) is 6.94. The van der Waals surface area contributed by atoms with Gasteiger partial charge in [-0.2, -0.15) is 0 Å². The molecule has 0 spiro atoms. The predicted molar refractivity (Wildman–Crippen MR) is 69.6 cm³/mol. The molecule has 1 rings (SSSR count). The molecular weight excluding hydrogens is 198 g/mol. The summed E-state index contributed by atoms with van der Waals surface area (Å²) in [6, 6.07) is 0.557. The lowest BCUT2D eigenvalue weighted by Crippen LogP contribution is -2.41. The molecule has 2 heteroatoms. The molecule has 2 nitrogen and oxygen atoms in total. The van der Waals surface area contributed by atoms with Gasteiger partial charge in [0.15, 0.2) is 0 Å². The molecule has 1 aliphatic carbocycles. The molecular formula is C14H29NO. The zero-order valence-electron chi connectivity index (χ0n) is 11.5. The van der Waals surface area contributed by atoms with Crippen molar-refractivity contribution in [2.45, 2.75) is 52.5 Å². The second-order valence-electron chi connectivity index (χ2n) is 5.50. The average molecular weight is 227 g/mol. The van der Waals surface area contributed by atoms with Gasteiger partial charge in [0.1, 0.15) is 0 Å². The van der Waals surface area contributed by atoms with Gasteiger partial charge in [-0.3, -0.25) is 0 Å². The molecule has 0 aliphatic heterocycles. The Kier molecular flexibility index (Phi) is 6.37. The molecule has 0 aromatic rings. The molecule has 1 aliphatic rings. The lowest BCUT2D eigenvalue weighted by atomic mass is 9.73. The van der Waals surface area contributed by atoms with Crippen molar-refractivity contribution in [1.29, 1.82) is 0 Å². The summed E-state index contributed by atoms with van der Waals surface area (Å²) in [5.74, 6) is 2.60. The van der Waals surface area contributed by atoms with Gasteiger partial charge in [0.25, 0.3) is 0 Å². The number of likely N-dealkylation sites (N-methyl/N-ethyl adjacent to an activating group) is 1. The number of hydrogen-bond donors (Lipinski definition) is 1. The summed E-state index contributed by atoms with van der Waals surface area (Å²) >= 11 is 0. The second kappa shape index (κ2) is 7.29. The summed E-state index contributed by atoms with van der Waals surface area (Å²) in [6.07, 6.45) is 5.24. The van der Waals surface area contributed by atoms with Crippen LogP contribution in [0.2, 0.25) is 0 Å². The van der Waals surface area contributed by atoms with Crippen LogP contribution in [-0.4, -0.2) is 26.3 Å². The minimum absolute atomic E-state index is 0.557. The molecule has 0 amide bonds. The molecule has 0 aromatic carbocycles. The van der Waals surface area contributed by atoms with Crippen molar-refractivity contribution in [3.63, 3.8) is 0 Å². The maximum absolute atomic E-state index is 5.69. The molecule has 0 radical (unpaired) electrons. The molecule has 1 saturated carbocycles. The van der Waals surface area contributed by atoms with Crippen LogP contribution in [0.4, 0.5) is 0 Å². The highest BCUT2D eigenvalue weighted by Gasteiger charge is 2.29. The summed E-state index contributed by atoms with van der Waals surface area (Å²) in [5, 5.41) is 3.44. The lowest BCUT2D eigenvalue weighted by Gasteiger charge is -2.36. The van der Waals surface area contributed by atoms with Gasteiger partial charge in [0, 0.05) is 12.6 Å². The highest BCUT2D eigenvalue weighted by atomic mass is 16.5. The number of nitrogens with one attached hydrogen (secondary N) is 1. The summed E-state index contributed by atoms with van der Waals surface area (Å²) < 4.78 is 5.69. The van der Waals surface area contributed by atoms with Crippen LogP contribution >= 0.6 is 0 Å². The summed E-state index contributed by atoms with van der Waals surface area (Å²) in [7, 11) is 2.07. The van der Waals surface area contributed by atoms with Crippen LogP contribution < -0.4 is 5.32 Å². The van der Waals surface area contributed by atoms with E-state index in [-0.39, 0.29) is 0 Å². The Morgan fingerprint density at radius 1 is 1.25 bits per heavy atom. The molecule has 0 saturated heterocycles. The normalized spacial score (nSPS) is 32.6. The van der Waals surface area contributed by atoms with Crippen molar-refractivity contribution in [2.75, 3.05) is 20.3 Å². The summed E-state index contributed by atoms with van der Waals surface area (Å²) in [4.78, 5) is 0. The highest BCUT2D eigenvalue weighted by molar-refractivity contribution is 4.83. The fourth-order valence-corrected chi connectivity index (χ4v) is 2.76. The summed E-state index contributed by atoms with van der Waals surface area (Å²) in [5.41, 5.74) is 0. The van der Waals surface area contributed by atoms with E-state index in [0.29, 0.717) is 6.04 Å². The molecule has 4 unspecified atom stereocenters. The maximum atomic E-state index is 5.69. The topological polar surface area (TPSA) is 21.3 Å². The maximum Gasteiger partial charge on any atom is 0.0622 e. The first-order chi connectivity index (χ1) is 7.69. The van der Waals surface area contributed by atoms with E-state index >= 15 is 0 Å². The molecule has 4 atom stereocenters. The monoisotopic (exact) mass is 227 g/mol. The fraction of sp³-hybridized carbons (Fsp3) is 1.00. The van der Waals surface area contributed by atoms with Gasteiger partial charge in [-0.05, 0) is 44.1 Å². The zero-order valence-corrected chi connectivity index (χ0v) is 11.5. The lowest BCUT2D eigenvalue weighted by molar-refractivity contribution is 0.0738. The van der Waals surface area contributed by atoms with Gasteiger partial charge < -0.3 is 10.1 Å². The number of ether oxygens (including phenoxy) is 1. The molecule has 16 heavy (non-hydrogen) atoms. The Morgan fingerprint density at radius 2 is 2.00 bits per heavy atom. The van der Waals surface area contributed by atoms with Crippen LogP contribution in [-0.2, 0) is 4.74 Å². The van der Waals surface area contributed by atoms with Gasteiger partial charge in [-0.25, -0.2) is 0 Å². The van der Waals surface area contributed by atoms with Gasteiger partial charge >= 0.3 is 0 Å². The molecule has 96 valence electrons. The second-order valence-corrected chi connectivity index (χ2v) is 5.50. The molecule has 1 N–H and O–H groups in total. The first kappa shape index (κ1) is 14.0. The van der Waals surface area contributed by atoms with Gasteiger partial charge in [-0.1, -0.05) is 27.2 Å². The van der Waals surface area contributed by atoms with E-state index in [4.69, 9.17) is 4.74 Å². The van der Waals surface area contributed by atoms with E-state index < -0.39 is 0 Å². The van der Waals surface area contributed by atoms with Crippen molar-refractivity contribution < 1.29 is 4.74 Å². The van der Waals surface area contributed by atoms with Crippen molar-refractivity contribution >= 4 is 0 Å². The van der Waals surface area contributed by atoms with E-state index in [9.17, 15) is 0 Å². The molecule has 0 heterocycles. The highest BCUT2D eigenvalue weighted by Crippen LogP contribution is 2.34. The van der Waals surface area contributed by atoms with Crippen LogP contribution in [0.3, 0.4) is 0 Å². The van der Waals surface area contributed by atoms with E-state index in [2.05, 4.69) is 33.1 Å². The zero-order chi connectivity index (χ0) is 12.0. The van der Waals surface area contributed by atoms with Crippen molar-refractivity contribution in [3.05, 3.63) is 0 Å². The molecule has 0 bridgehead atoms. The van der Waals surface area contributed by atoms with Crippen LogP contribution in [0.25, 0.3) is 0 Å². The fourth-order valence-electron chi connectivity index (χ4n) is 2.76. The molecule has 0 aromatic heterocycles. The van der Waals surface area contributed by atoms with Gasteiger partial charge in [0.05, 0.1) is 6.61 Å². The van der Waals surface area contributed by atoms with E-state index in [1.165, 1.54) is 19.3 Å². The van der Waals surface area contributed by atoms with Crippen molar-refractivity contribution in [1.82, 2.24) is 5.32 Å². The smallest absolute Gasteiger partial charge is 0.0622 e. The predicted octanol–water partition coefficient (Wildman–Crippen LogP) is 3.07. The Labute approximate surface area is 101 Å². The molecule has 1 fully saturated rings. The number of hydrogen-bond acceptors (Lipinski definition) is 2. The van der Waals surface area contributed by atoms with Crippen LogP contribution in [0, 0.1) is 17.8 Å². The van der Waals surface area contributed by atoms with Crippen LogP contribution in [0.1, 0.15) is 46.5 Å². The van der Waals surface area contributed by atoms with Gasteiger partial charge in [-0.15, -0.1) is 0 Å². The standard InChI is InChI=1S/C14H29NO/c1-5-8-16-10-14(15-4)13-7-6-11(2)12(3)9-13/h11-15H,5-10H2,1-4H3. The third-order valence-electron chi connectivity index (χ3n) is 4.22. The van der Waals surface area contributed by atoms with E-state index in [0.717, 1.165) is 37.4 Å². The Bertz CT molecular complexity index is 184. The Balaban J connectivity index is 2.34. The number of rotatable bonds is 6. The van der Waals surface area contributed by atoms with E-state index in [1.807, 2.05) is 0 Å². The minimum atomic E-state index is 0.557. The van der Waals surface area contributed by atoms with Crippen LogP contribution in [0.5, 0.6) is 0 Å². The van der Waals surface area contributed by atoms with E-state index in [1.54, 1.807) is 0 Å². The third kappa shape index (κ3) is 4.06. The Hall–Kier alpha value is -0.0800. The van der Waals surface area contributed by atoms with Gasteiger partial charge in [0.2, 0.25) is 0 Å². The van der Waals surface area contributed by atoms with Crippen molar-refractivity contribution in [2.24, 2.45) is 17.8 Å². The quantitative estimate of drug-likeness (QED) is 0.704. The average Bonchev–Trinajstić information content (AvgIpc) is 2.29. The summed E-state index contributed by atoms with van der Waals surface area (Å²) in [6.45, 7) is 8.74. The minimum Gasteiger partial charge on any atom is -0.380 e. The largest absolute Gasteiger partial charge is 0.380 e. The van der Waals surface area contributed by atoms with Crippen molar-refractivity contribution in [3.8, 4) is 0 Å². The third-order valence-corrected chi connectivity index (χ3v) is 4.22. The SMILES string of the molecule is CCCOCC(NC)C1CCC(C)C(C)C1. The first-order valence-corrected chi connectivity index (χ1v) is 6.94.